The Morgan fingerprint density at radius 3 is 2.78 bits per heavy atom. The Bertz CT molecular complexity index is 425. The molecule has 2 atom stereocenters. The molecule has 2 rings (SSSR count). The summed E-state index contributed by atoms with van der Waals surface area (Å²) in [5, 5.41) is 3.74. The predicted octanol–water partition coefficient (Wildman–Crippen LogP) is 4.30. The van der Waals surface area contributed by atoms with E-state index in [1.807, 2.05) is 6.07 Å². The van der Waals surface area contributed by atoms with Crippen LogP contribution in [0.4, 0.5) is 0 Å². The van der Waals surface area contributed by atoms with E-state index in [4.69, 9.17) is 4.74 Å². The highest BCUT2D eigenvalue weighted by molar-refractivity contribution is 9.10. The van der Waals surface area contributed by atoms with E-state index in [9.17, 15) is 0 Å². The van der Waals surface area contributed by atoms with Gasteiger partial charge in [-0.3, -0.25) is 0 Å². The van der Waals surface area contributed by atoms with Gasteiger partial charge in [0.05, 0.1) is 6.61 Å². The van der Waals surface area contributed by atoms with Crippen molar-refractivity contribution in [3.05, 3.63) is 28.2 Å². The van der Waals surface area contributed by atoms with Gasteiger partial charge in [-0.25, -0.2) is 0 Å². The van der Waals surface area contributed by atoms with Crippen LogP contribution < -0.4 is 10.1 Å². The summed E-state index contributed by atoms with van der Waals surface area (Å²) >= 11 is 3.54. The summed E-state index contributed by atoms with van der Waals surface area (Å²) in [6.45, 7) is 9.86. The lowest BCUT2D eigenvalue weighted by molar-refractivity contribution is 0.210. The highest BCUT2D eigenvalue weighted by atomic mass is 79.9. The zero-order chi connectivity index (χ0) is 13.3. The molecule has 0 aromatic heterocycles. The summed E-state index contributed by atoms with van der Waals surface area (Å²) in [7, 11) is 0. The molecule has 1 aromatic rings. The van der Waals surface area contributed by atoms with E-state index in [0.717, 1.165) is 23.2 Å². The zero-order valence-electron chi connectivity index (χ0n) is 11.6. The van der Waals surface area contributed by atoms with Crippen molar-refractivity contribution in [3.8, 4) is 5.75 Å². The van der Waals surface area contributed by atoms with Crippen LogP contribution in [-0.2, 0) is 0 Å². The van der Waals surface area contributed by atoms with Gasteiger partial charge in [-0.05, 0) is 30.5 Å². The second-order valence-electron chi connectivity index (χ2n) is 6.13. The van der Waals surface area contributed by atoms with Crippen LogP contribution in [-0.4, -0.2) is 12.6 Å². The maximum absolute atomic E-state index is 5.72. The summed E-state index contributed by atoms with van der Waals surface area (Å²) in [5.41, 5.74) is 1.54. The van der Waals surface area contributed by atoms with Crippen LogP contribution in [0.2, 0.25) is 0 Å². The minimum atomic E-state index is 0.268. The largest absolute Gasteiger partial charge is 0.493 e. The first kappa shape index (κ1) is 13.9. The molecule has 0 fully saturated rings. The van der Waals surface area contributed by atoms with Crippen LogP contribution in [0.25, 0.3) is 0 Å². The molecule has 1 aliphatic heterocycles. The first-order chi connectivity index (χ1) is 8.38. The highest BCUT2D eigenvalue weighted by Crippen LogP contribution is 2.35. The number of nitrogens with one attached hydrogen (secondary N) is 1. The summed E-state index contributed by atoms with van der Waals surface area (Å²) in [5.74, 6) is 1.02. The molecule has 0 saturated carbocycles. The quantitative estimate of drug-likeness (QED) is 0.879. The van der Waals surface area contributed by atoms with Crippen molar-refractivity contribution >= 4 is 15.9 Å². The second-order valence-corrected chi connectivity index (χ2v) is 7.04. The van der Waals surface area contributed by atoms with E-state index in [0.29, 0.717) is 12.1 Å². The number of fused-ring (bicyclic) bond motifs is 1. The fourth-order valence-electron chi connectivity index (χ4n) is 2.09. The van der Waals surface area contributed by atoms with Crippen molar-refractivity contribution in [1.29, 1.82) is 0 Å². The van der Waals surface area contributed by atoms with Crippen molar-refractivity contribution in [3.63, 3.8) is 0 Å². The van der Waals surface area contributed by atoms with Gasteiger partial charge < -0.3 is 10.1 Å². The molecule has 0 amide bonds. The topological polar surface area (TPSA) is 21.3 Å². The maximum atomic E-state index is 5.72. The van der Waals surface area contributed by atoms with E-state index < -0.39 is 0 Å². The number of hydrogen-bond acceptors (Lipinski definition) is 2. The molecule has 2 nitrogen and oxygen atoms in total. The lowest BCUT2D eigenvalue weighted by Crippen LogP contribution is -2.41. The molecule has 0 bridgehead atoms. The van der Waals surface area contributed by atoms with Crippen LogP contribution in [0.5, 0.6) is 5.75 Å². The molecule has 2 unspecified atom stereocenters. The smallest absolute Gasteiger partial charge is 0.124 e. The van der Waals surface area contributed by atoms with Crippen LogP contribution in [0, 0.1) is 5.41 Å². The fourth-order valence-corrected chi connectivity index (χ4v) is 2.47. The molecule has 1 N–H and O–H groups in total. The van der Waals surface area contributed by atoms with E-state index in [1.54, 1.807) is 0 Å². The minimum Gasteiger partial charge on any atom is -0.493 e. The van der Waals surface area contributed by atoms with Crippen LogP contribution in [0.1, 0.15) is 45.7 Å². The molecule has 0 aliphatic carbocycles. The van der Waals surface area contributed by atoms with Gasteiger partial charge in [-0.1, -0.05) is 36.7 Å². The second kappa shape index (κ2) is 5.22. The minimum absolute atomic E-state index is 0.268. The summed E-state index contributed by atoms with van der Waals surface area (Å²) < 4.78 is 6.83. The molecule has 0 radical (unpaired) electrons. The lowest BCUT2D eigenvalue weighted by Gasteiger charge is -2.35. The Hall–Kier alpha value is -0.540. The van der Waals surface area contributed by atoms with E-state index in [1.165, 1.54) is 5.56 Å². The van der Waals surface area contributed by atoms with Crippen molar-refractivity contribution in [2.75, 3.05) is 6.61 Å². The Morgan fingerprint density at radius 1 is 1.39 bits per heavy atom. The van der Waals surface area contributed by atoms with Gasteiger partial charge in [0.15, 0.2) is 0 Å². The van der Waals surface area contributed by atoms with Gasteiger partial charge in [0.2, 0.25) is 0 Å². The van der Waals surface area contributed by atoms with Crippen molar-refractivity contribution in [2.24, 2.45) is 5.41 Å². The van der Waals surface area contributed by atoms with Crippen LogP contribution in [0.15, 0.2) is 22.7 Å². The Kier molecular flexibility index (Phi) is 4.02. The number of ether oxygens (including phenoxy) is 1. The number of halogens is 1. The molecule has 3 heteroatoms. The van der Waals surface area contributed by atoms with Crippen molar-refractivity contribution < 1.29 is 4.74 Å². The summed E-state index contributed by atoms with van der Waals surface area (Å²) in [6.07, 6.45) is 1.03. The van der Waals surface area contributed by atoms with Crippen molar-refractivity contribution in [2.45, 2.75) is 46.2 Å². The first-order valence-corrected chi connectivity index (χ1v) is 7.35. The summed E-state index contributed by atoms with van der Waals surface area (Å²) in [6, 6.07) is 7.11. The van der Waals surface area contributed by atoms with Crippen molar-refractivity contribution in [1.82, 2.24) is 5.32 Å². The molecule has 1 heterocycles. The van der Waals surface area contributed by atoms with E-state index in [-0.39, 0.29) is 5.41 Å². The van der Waals surface area contributed by atoms with Gasteiger partial charge in [-0.15, -0.1) is 0 Å². The molecule has 100 valence electrons. The zero-order valence-corrected chi connectivity index (χ0v) is 13.2. The third-order valence-corrected chi connectivity index (χ3v) is 4.25. The van der Waals surface area contributed by atoms with Crippen LogP contribution >= 0.6 is 15.9 Å². The molecule has 1 aliphatic rings. The number of rotatable bonds is 2. The Labute approximate surface area is 118 Å². The van der Waals surface area contributed by atoms with Crippen LogP contribution in [0.3, 0.4) is 0 Å². The molecule has 0 spiro atoms. The van der Waals surface area contributed by atoms with Gasteiger partial charge in [-0.2, -0.15) is 0 Å². The standard InChI is InChI=1S/C15H22BrNO/c1-10(15(2,3)4)17-13-7-8-18-14-6-5-11(16)9-12(13)14/h5-6,9-10,13,17H,7-8H2,1-4H3. The number of hydrogen-bond donors (Lipinski definition) is 1. The maximum Gasteiger partial charge on any atom is 0.124 e. The fraction of sp³-hybridized carbons (Fsp3) is 0.600. The normalized spacial score (nSPS) is 21.1. The van der Waals surface area contributed by atoms with Gasteiger partial charge in [0.25, 0.3) is 0 Å². The molecular weight excluding hydrogens is 290 g/mol. The SMILES string of the molecule is CC(NC1CCOc2ccc(Br)cc21)C(C)(C)C. The first-order valence-electron chi connectivity index (χ1n) is 6.56. The Morgan fingerprint density at radius 2 is 2.11 bits per heavy atom. The predicted molar refractivity (Wildman–Crippen MR) is 79.0 cm³/mol. The average Bonchev–Trinajstić information content (AvgIpc) is 2.28. The Balaban J connectivity index is 2.20. The van der Waals surface area contributed by atoms with E-state index >= 15 is 0 Å². The molecular formula is C15H22BrNO. The van der Waals surface area contributed by atoms with Gasteiger partial charge in [0.1, 0.15) is 5.75 Å². The average molecular weight is 312 g/mol. The van der Waals surface area contributed by atoms with Gasteiger partial charge in [0, 0.05) is 28.5 Å². The monoisotopic (exact) mass is 311 g/mol. The molecule has 0 saturated heterocycles. The lowest BCUT2D eigenvalue weighted by atomic mass is 9.86. The molecule has 1 aromatic carbocycles. The summed E-state index contributed by atoms with van der Waals surface area (Å²) in [4.78, 5) is 0. The number of benzene rings is 1. The third-order valence-electron chi connectivity index (χ3n) is 3.76. The molecule has 18 heavy (non-hydrogen) atoms. The van der Waals surface area contributed by atoms with Gasteiger partial charge >= 0.3 is 0 Å². The third kappa shape index (κ3) is 3.07. The van der Waals surface area contributed by atoms with E-state index in [2.05, 4.69) is 61.1 Å². The highest BCUT2D eigenvalue weighted by Gasteiger charge is 2.27.